The van der Waals surface area contributed by atoms with Crippen LogP contribution >= 0.6 is 0 Å². The van der Waals surface area contributed by atoms with Crippen LogP contribution in [0.2, 0.25) is 0 Å². The second-order valence-corrected chi connectivity index (χ2v) is 4.59. The van der Waals surface area contributed by atoms with E-state index in [-0.39, 0.29) is 17.0 Å². The van der Waals surface area contributed by atoms with E-state index in [1.807, 2.05) is 0 Å². The number of hydrogen-bond donors (Lipinski definition) is 2. The van der Waals surface area contributed by atoms with Crippen molar-refractivity contribution in [3.05, 3.63) is 59.8 Å². The molecule has 0 aliphatic rings. The van der Waals surface area contributed by atoms with Crippen molar-refractivity contribution < 1.29 is 13.6 Å². The fraction of sp³-hybridized carbons (Fsp3) is 0. The summed E-state index contributed by atoms with van der Waals surface area (Å²) in [5, 5.41) is 9.91. The largest absolute Gasteiger partial charge is 0.364 e. The minimum Gasteiger partial charge on any atom is -0.364 e. The monoisotopic (exact) mass is 300 g/mol. The van der Waals surface area contributed by atoms with Gasteiger partial charge in [0.2, 0.25) is 0 Å². The minimum absolute atomic E-state index is 0.00303. The Balaban J connectivity index is 2.10. The summed E-state index contributed by atoms with van der Waals surface area (Å²) in [5.41, 5.74) is 6.80. The second kappa shape index (κ2) is 5.36. The van der Waals surface area contributed by atoms with Gasteiger partial charge in [-0.1, -0.05) is 18.2 Å². The van der Waals surface area contributed by atoms with Gasteiger partial charge in [0, 0.05) is 17.2 Å². The Morgan fingerprint density at radius 1 is 1.05 bits per heavy atom. The zero-order valence-corrected chi connectivity index (χ0v) is 11.2. The Bertz CT molecular complexity index is 860. The summed E-state index contributed by atoms with van der Waals surface area (Å²) in [5.74, 6) is -2.04. The molecule has 0 saturated carbocycles. The third-order valence-electron chi connectivity index (χ3n) is 3.16. The van der Waals surface area contributed by atoms with Gasteiger partial charge in [0.25, 0.3) is 5.91 Å². The third kappa shape index (κ3) is 2.44. The lowest BCUT2D eigenvalue weighted by Gasteiger charge is -2.06. The molecule has 5 nitrogen and oxygen atoms in total. The lowest BCUT2D eigenvalue weighted by Crippen LogP contribution is -2.12. The van der Waals surface area contributed by atoms with Gasteiger partial charge in [-0.25, -0.2) is 8.78 Å². The quantitative estimate of drug-likeness (QED) is 0.779. The molecule has 0 bridgehead atoms. The predicted molar refractivity (Wildman–Crippen MR) is 75.7 cm³/mol. The molecule has 0 fully saturated rings. The number of hydrogen-bond acceptors (Lipinski definition) is 3. The van der Waals surface area contributed by atoms with Gasteiger partial charge in [-0.3, -0.25) is 4.79 Å². The molecule has 7 heteroatoms. The number of nitrogens with one attached hydrogen (secondary N) is 1. The van der Waals surface area contributed by atoms with Crippen molar-refractivity contribution in [1.29, 1.82) is 0 Å². The highest BCUT2D eigenvalue weighted by Crippen LogP contribution is 2.28. The molecule has 1 amide bonds. The second-order valence-electron chi connectivity index (χ2n) is 4.59. The van der Waals surface area contributed by atoms with Crippen LogP contribution in [0.1, 0.15) is 10.5 Å². The molecule has 0 unspecified atom stereocenters. The standard InChI is InChI=1S/C15H10F2N4O/c16-10-4-5-11(12(17)7-10)8-2-1-3-9(6-8)13-14(15(18)22)20-21-19-13/h1-7H,(H2,18,22)(H,19,20,21). The number of primary amides is 1. The number of nitrogens with two attached hydrogens (primary N) is 1. The fourth-order valence-electron chi connectivity index (χ4n) is 2.16. The number of nitrogens with zero attached hydrogens (tertiary/aromatic N) is 2. The van der Waals surface area contributed by atoms with E-state index in [1.165, 1.54) is 12.1 Å². The number of amides is 1. The highest BCUT2D eigenvalue weighted by molar-refractivity contribution is 5.96. The van der Waals surface area contributed by atoms with E-state index in [0.717, 1.165) is 6.07 Å². The first kappa shape index (κ1) is 13.9. The summed E-state index contributed by atoms with van der Waals surface area (Å²) in [7, 11) is 0. The van der Waals surface area contributed by atoms with Crippen LogP contribution in [0.25, 0.3) is 22.4 Å². The first-order valence-corrected chi connectivity index (χ1v) is 6.32. The smallest absolute Gasteiger partial charge is 0.271 e. The molecule has 0 radical (unpaired) electrons. The zero-order valence-electron chi connectivity index (χ0n) is 11.2. The molecule has 0 spiro atoms. The molecule has 1 heterocycles. The van der Waals surface area contributed by atoms with Crippen molar-refractivity contribution in [1.82, 2.24) is 15.4 Å². The van der Waals surface area contributed by atoms with Crippen LogP contribution in [0.4, 0.5) is 8.78 Å². The number of H-pyrrole nitrogens is 1. The number of carbonyl (C=O) groups is 1. The maximum atomic E-state index is 13.9. The van der Waals surface area contributed by atoms with Crippen LogP contribution in [-0.4, -0.2) is 21.3 Å². The summed E-state index contributed by atoms with van der Waals surface area (Å²) < 4.78 is 26.9. The van der Waals surface area contributed by atoms with E-state index >= 15 is 0 Å². The first-order valence-electron chi connectivity index (χ1n) is 6.32. The van der Waals surface area contributed by atoms with Crippen molar-refractivity contribution in [2.45, 2.75) is 0 Å². The minimum atomic E-state index is -0.720. The van der Waals surface area contributed by atoms with Gasteiger partial charge in [0.05, 0.1) is 0 Å². The summed E-state index contributed by atoms with van der Waals surface area (Å²) in [6.45, 7) is 0. The molecule has 0 aliphatic heterocycles. The highest BCUT2D eigenvalue weighted by atomic mass is 19.1. The number of aromatic amines is 1. The molecule has 2 aromatic carbocycles. The molecular weight excluding hydrogens is 290 g/mol. The highest BCUT2D eigenvalue weighted by Gasteiger charge is 2.16. The maximum Gasteiger partial charge on any atom is 0.271 e. The van der Waals surface area contributed by atoms with E-state index in [4.69, 9.17) is 5.73 Å². The Morgan fingerprint density at radius 2 is 1.82 bits per heavy atom. The summed E-state index contributed by atoms with van der Waals surface area (Å²) in [4.78, 5) is 11.3. The molecule has 0 atom stereocenters. The number of carbonyl (C=O) groups excluding carboxylic acids is 1. The van der Waals surface area contributed by atoms with Crippen LogP contribution in [-0.2, 0) is 0 Å². The molecule has 110 valence electrons. The van der Waals surface area contributed by atoms with Gasteiger partial charge in [0.15, 0.2) is 5.69 Å². The number of halogens is 2. The Morgan fingerprint density at radius 3 is 2.55 bits per heavy atom. The van der Waals surface area contributed by atoms with Crippen molar-refractivity contribution in [2.24, 2.45) is 5.73 Å². The van der Waals surface area contributed by atoms with Crippen molar-refractivity contribution in [3.8, 4) is 22.4 Å². The average Bonchev–Trinajstić information content (AvgIpc) is 2.97. The van der Waals surface area contributed by atoms with Crippen molar-refractivity contribution in [2.75, 3.05) is 0 Å². The lowest BCUT2D eigenvalue weighted by molar-refractivity contribution is 0.0996. The normalized spacial score (nSPS) is 10.6. The number of benzene rings is 2. The first-order chi connectivity index (χ1) is 10.6. The van der Waals surface area contributed by atoms with Gasteiger partial charge in [0.1, 0.15) is 17.3 Å². The van der Waals surface area contributed by atoms with Crippen LogP contribution in [0.3, 0.4) is 0 Å². The topological polar surface area (TPSA) is 84.7 Å². The summed E-state index contributed by atoms with van der Waals surface area (Å²) in [6.07, 6.45) is 0. The predicted octanol–water partition coefficient (Wildman–Crippen LogP) is 2.52. The van der Waals surface area contributed by atoms with Crippen molar-refractivity contribution in [3.63, 3.8) is 0 Å². The Kier molecular flexibility index (Phi) is 3.38. The molecule has 22 heavy (non-hydrogen) atoms. The lowest BCUT2D eigenvalue weighted by atomic mass is 10.0. The zero-order chi connectivity index (χ0) is 15.7. The van der Waals surface area contributed by atoms with Gasteiger partial charge >= 0.3 is 0 Å². The van der Waals surface area contributed by atoms with Crippen molar-refractivity contribution >= 4 is 5.91 Å². The molecular formula is C15H10F2N4O. The fourth-order valence-corrected chi connectivity index (χ4v) is 2.16. The van der Waals surface area contributed by atoms with E-state index in [1.54, 1.807) is 24.3 Å². The average molecular weight is 300 g/mol. The van der Waals surface area contributed by atoms with Gasteiger partial charge in [-0.2, -0.15) is 15.4 Å². The van der Waals surface area contributed by atoms with Crippen LogP contribution in [0.15, 0.2) is 42.5 Å². The Hall–Kier alpha value is -3.09. The van der Waals surface area contributed by atoms with Gasteiger partial charge < -0.3 is 5.73 Å². The number of aromatic nitrogens is 3. The summed E-state index contributed by atoms with van der Waals surface area (Å²) in [6, 6.07) is 10.00. The van der Waals surface area contributed by atoms with Gasteiger partial charge in [-0.05, 0) is 23.8 Å². The summed E-state index contributed by atoms with van der Waals surface area (Å²) >= 11 is 0. The Labute approximate surface area is 123 Å². The molecule has 3 aromatic rings. The van der Waals surface area contributed by atoms with Gasteiger partial charge in [-0.15, -0.1) is 0 Å². The van der Waals surface area contributed by atoms with E-state index in [0.29, 0.717) is 11.1 Å². The van der Waals surface area contributed by atoms with Crippen LogP contribution in [0.5, 0.6) is 0 Å². The maximum absolute atomic E-state index is 13.9. The molecule has 1 aromatic heterocycles. The van der Waals surface area contributed by atoms with Crippen LogP contribution < -0.4 is 5.73 Å². The molecule has 3 N–H and O–H groups in total. The molecule has 0 aliphatic carbocycles. The number of rotatable bonds is 3. The molecule has 3 rings (SSSR count). The van der Waals surface area contributed by atoms with E-state index < -0.39 is 17.5 Å². The SMILES string of the molecule is NC(=O)c1n[nH]nc1-c1cccc(-c2ccc(F)cc2F)c1. The molecule has 0 saturated heterocycles. The van der Waals surface area contributed by atoms with E-state index in [2.05, 4.69) is 15.4 Å². The van der Waals surface area contributed by atoms with Crippen LogP contribution in [0, 0.1) is 11.6 Å². The third-order valence-corrected chi connectivity index (χ3v) is 3.16. The van der Waals surface area contributed by atoms with E-state index in [9.17, 15) is 13.6 Å².